The fourth-order valence-electron chi connectivity index (χ4n) is 4.03. The van der Waals surface area contributed by atoms with Crippen LogP contribution in [0.1, 0.15) is 22.4 Å². The summed E-state index contributed by atoms with van der Waals surface area (Å²) in [4.78, 5) is 1.53. The van der Waals surface area contributed by atoms with E-state index in [1.54, 1.807) is 0 Å². The summed E-state index contributed by atoms with van der Waals surface area (Å²) in [6.07, 6.45) is -4.95. The Morgan fingerprint density at radius 2 is 1.91 bits per heavy atom. The van der Waals surface area contributed by atoms with Crippen molar-refractivity contribution in [3.63, 3.8) is 0 Å². The van der Waals surface area contributed by atoms with Crippen LogP contribution in [0, 0.1) is 18.3 Å². The van der Waals surface area contributed by atoms with Gasteiger partial charge >= 0.3 is 6.18 Å². The Morgan fingerprint density at radius 1 is 1.16 bits per heavy atom. The maximum Gasteiger partial charge on any atom is 0.424 e. The van der Waals surface area contributed by atoms with E-state index in [1.165, 1.54) is 27.8 Å². The topological polar surface area (TPSA) is 74.3 Å². The summed E-state index contributed by atoms with van der Waals surface area (Å²) in [7, 11) is 0. The molecule has 1 fully saturated rings. The molecule has 3 aromatic rings. The molecule has 9 heteroatoms. The molecule has 0 amide bonds. The lowest BCUT2D eigenvalue weighted by Crippen LogP contribution is -2.53. The molecule has 0 bridgehead atoms. The van der Waals surface area contributed by atoms with Crippen LogP contribution in [0.4, 0.5) is 13.2 Å². The number of ether oxygens (including phenoxy) is 1. The van der Waals surface area contributed by atoms with E-state index in [9.17, 15) is 23.5 Å². The Kier molecular flexibility index (Phi) is 5.95. The van der Waals surface area contributed by atoms with E-state index in [0.717, 1.165) is 11.1 Å². The molecule has 0 radical (unpaired) electrons. The third-order valence-corrected chi connectivity index (χ3v) is 5.71. The third kappa shape index (κ3) is 4.21. The number of alkyl halides is 3. The molecule has 1 N–H and O–H groups in total. The lowest BCUT2D eigenvalue weighted by atomic mass is 9.94. The summed E-state index contributed by atoms with van der Waals surface area (Å²) in [5, 5.41) is 24.8. The van der Waals surface area contributed by atoms with Crippen LogP contribution < -0.4 is 0 Å². The van der Waals surface area contributed by atoms with E-state index in [2.05, 4.69) is 5.10 Å². The van der Waals surface area contributed by atoms with Crippen molar-refractivity contribution < 1.29 is 23.0 Å². The number of halogens is 3. The second-order valence-electron chi connectivity index (χ2n) is 8.09. The van der Waals surface area contributed by atoms with Crippen LogP contribution in [-0.2, 0) is 16.9 Å². The number of hydrogen-bond acceptors (Lipinski definition) is 5. The first-order valence-corrected chi connectivity index (χ1v) is 10.3. The summed E-state index contributed by atoms with van der Waals surface area (Å²) >= 11 is 0. The Bertz CT molecular complexity index is 1160. The predicted molar refractivity (Wildman–Crippen MR) is 112 cm³/mol. The maximum absolute atomic E-state index is 14.3. The van der Waals surface area contributed by atoms with E-state index in [4.69, 9.17) is 4.74 Å². The number of benzene rings is 2. The van der Waals surface area contributed by atoms with Crippen LogP contribution in [0.3, 0.4) is 0 Å². The van der Waals surface area contributed by atoms with Crippen LogP contribution in [0.2, 0.25) is 0 Å². The van der Waals surface area contributed by atoms with Crippen LogP contribution in [0.25, 0.3) is 10.9 Å². The van der Waals surface area contributed by atoms with Gasteiger partial charge < -0.3 is 9.84 Å². The molecule has 2 heterocycles. The molecule has 6 nitrogen and oxygen atoms in total. The van der Waals surface area contributed by atoms with Crippen molar-refractivity contribution in [2.24, 2.45) is 0 Å². The maximum atomic E-state index is 14.3. The average Bonchev–Trinajstić information content (AvgIpc) is 3.11. The lowest BCUT2D eigenvalue weighted by molar-refractivity contribution is -0.274. The molecular formula is C23H23F3N4O2. The summed E-state index contributed by atoms with van der Waals surface area (Å²) in [5.41, 5.74) is -1.09. The number of morpholine rings is 1. The van der Waals surface area contributed by atoms with E-state index in [-0.39, 0.29) is 11.9 Å². The summed E-state index contributed by atoms with van der Waals surface area (Å²) in [6.45, 7) is 2.69. The number of hydrogen-bond donors (Lipinski definition) is 1. The fourth-order valence-corrected chi connectivity index (χ4v) is 4.03. The van der Waals surface area contributed by atoms with Gasteiger partial charge in [0.25, 0.3) is 0 Å². The number of rotatable bonds is 5. The lowest BCUT2D eigenvalue weighted by Gasteiger charge is -2.36. The van der Waals surface area contributed by atoms with Crippen molar-refractivity contribution in [1.82, 2.24) is 14.7 Å². The van der Waals surface area contributed by atoms with E-state index >= 15 is 0 Å². The van der Waals surface area contributed by atoms with Crippen LogP contribution in [0.5, 0.6) is 0 Å². The second-order valence-corrected chi connectivity index (χ2v) is 8.09. The first-order chi connectivity index (χ1) is 15.2. The number of nitrogens with zero attached hydrogens (tertiary/aromatic N) is 4. The molecule has 1 saturated heterocycles. The summed E-state index contributed by atoms with van der Waals surface area (Å²) < 4.78 is 49.5. The summed E-state index contributed by atoms with van der Waals surface area (Å²) in [5.74, 6) is 0. The van der Waals surface area contributed by atoms with Gasteiger partial charge in [-0.2, -0.15) is 23.5 Å². The second kappa shape index (κ2) is 8.54. The molecule has 0 aliphatic carbocycles. The molecule has 4 rings (SSSR count). The average molecular weight is 444 g/mol. The number of aliphatic hydroxyl groups is 1. The molecule has 0 saturated carbocycles. The van der Waals surface area contributed by atoms with Crippen molar-refractivity contribution in [3.8, 4) is 6.07 Å². The minimum absolute atomic E-state index is 0.171. The standard InChI is InChI=1S/C23H23F3N4O2/c1-16-3-2-4-18(11-16)14-30-20-12-17(13-27)5-6-19(20)21(28-30)22(31,23(24,25)26)15-29-7-9-32-10-8-29/h2-6,11-12,31H,7-10,14-15H2,1H3. The van der Waals surface area contributed by atoms with Gasteiger partial charge in [0.15, 0.2) is 0 Å². The third-order valence-electron chi connectivity index (χ3n) is 5.71. The minimum Gasteiger partial charge on any atom is -0.379 e. The molecule has 168 valence electrons. The van der Waals surface area contributed by atoms with Crippen molar-refractivity contribution in [1.29, 1.82) is 5.26 Å². The van der Waals surface area contributed by atoms with Gasteiger partial charge in [0.05, 0.1) is 36.9 Å². The highest BCUT2D eigenvalue weighted by Crippen LogP contribution is 2.42. The highest BCUT2D eigenvalue weighted by Gasteiger charge is 2.58. The van der Waals surface area contributed by atoms with Gasteiger partial charge in [-0.1, -0.05) is 29.8 Å². The fraction of sp³-hybridized carbons (Fsp3) is 0.391. The zero-order valence-corrected chi connectivity index (χ0v) is 17.6. The van der Waals surface area contributed by atoms with E-state index < -0.39 is 24.0 Å². The monoisotopic (exact) mass is 444 g/mol. The molecule has 1 atom stereocenters. The quantitative estimate of drug-likeness (QED) is 0.654. The molecule has 1 unspecified atom stereocenters. The zero-order chi connectivity index (χ0) is 22.9. The van der Waals surface area contributed by atoms with Crippen molar-refractivity contribution in [3.05, 3.63) is 64.8 Å². The zero-order valence-electron chi connectivity index (χ0n) is 17.6. The van der Waals surface area contributed by atoms with Crippen LogP contribution >= 0.6 is 0 Å². The van der Waals surface area contributed by atoms with Crippen molar-refractivity contribution in [2.75, 3.05) is 32.8 Å². The highest BCUT2D eigenvalue weighted by molar-refractivity contribution is 5.84. The van der Waals surface area contributed by atoms with E-state index in [1.807, 2.05) is 37.3 Å². The first kappa shape index (κ1) is 22.3. The number of β-amino-alcohol motifs (C(OH)–C–C–N with tert-alkyl or cyclic N) is 1. The van der Waals surface area contributed by atoms with Gasteiger partial charge in [-0.3, -0.25) is 9.58 Å². The van der Waals surface area contributed by atoms with Crippen molar-refractivity contribution >= 4 is 10.9 Å². The summed E-state index contributed by atoms with van der Waals surface area (Å²) in [6, 6.07) is 14.0. The Morgan fingerprint density at radius 3 is 2.56 bits per heavy atom. The molecule has 0 spiro atoms. The molecule has 32 heavy (non-hydrogen) atoms. The van der Waals surface area contributed by atoms with Crippen LogP contribution in [0.15, 0.2) is 42.5 Å². The van der Waals surface area contributed by atoms with Gasteiger partial charge in [0.1, 0.15) is 5.69 Å². The number of aryl methyl sites for hydroxylation is 1. The normalized spacial score (nSPS) is 17.2. The van der Waals surface area contributed by atoms with Gasteiger partial charge in [0, 0.05) is 25.0 Å². The molecule has 2 aromatic carbocycles. The Labute approximate surface area is 183 Å². The van der Waals surface area contributed by atoms with Crippen molar-refractivity contribution in [2.45, 2.75) is 25.2 Å². The molecule has 1 aliphatic heterocycles. The Hall–Kier alpha value is -2.93. The number of aromatic nitrogens is 2. The number of nitriles is 1. The molecular weight excluding hydrogens is 421 g/mol. The van der Waals surface area contributed by atoms with Gasteiger partial charge in [-0.05, 0) is 30.7 Å². The largest absolute Gasteiger partial charge is 0.424 e. The van der Waals surface area contributed by atoms with Gasteiger partial charge in [-0.15, -0.1) is 0 Å². The molecule has 1 aromatic heterocycles. The molecule has 1 aliphatic rings. The smallest absolute Gasteiger partial charge is 0.379 e. The first-order valence-electron chi connectivity index (χ1n) is 10.3. The SMILES string of the molecule is Cc1cccc(Cn2nc(C(O)(CN3CCOCC3)C(F)(F)F)c3ccc(C#N)cc32)c1. The van der Waals surface area contributed by atoms with Crippen LogP contribution in [-0.4, -0.2) is 58.8 Å². The predicted octanol–water partition coefficient (Wildman–Crippen LogP) is 3.35. The number of fused-ring (bicyclic) bond motifs is 1. The highest BCUT2D eigenvalue weighted by atomic mass is 19.4. The van der Waals surface area contributed by atoms with E-state index in [0.29, 0.717) is 37.4 Å². The van der Waals surface area contributed by atoms with Gasteiger partial charge in [0.2, 0.25) is 5.60 Å². The Balaban J connectivity index is 1.85. The van der Waals surface area contributed by atoms with Gasteiger partial charge in [-0.25, -0.2) is 0 Å². The minimum atomic E-state index is -4.95.